The van der Waals surface area contributed by atoms with E-state index in [-0.39, 0.29) is 18.1 Å². The Labute approximate surface area is 162 Å². The molecule has 0 aliphatic carbocycles. The van der Waals surface area contributed by atoms with Crippen molar-refractivity contribution in [1.29, 1.82) is 0 Å². The molecule has 9 heteroatoms. The molecule has 3 aromatic rings. The lowest BCUT2D eigenvalue weighted by molar-refractivity contribution is -0.385. The van der Waals surface area contributed by atoms with Crippen molar-refractivity contribution >= 4 is 33.3 Å². The Morgan fingerprint density at radius 3 is 2.78 bits per heavy atom. The lowest BCUT2D eigenvalue weighted by Gasteiger charge is -2.05. The van der Waals surface area contributed by atoms with Crippen LogP contribution in [0.25, 0.3) is 0 Å². The molecule has 2 heterocycles. The van der Waals surface area contributed by atoms with Crippen molar-refractivity contribution in [3.63, 3.8) is 0 Å². The molecule has 138 valence electrons. The Kier molecular flexibility index (Phi) is 5.51. The van der Waals surface area contributed by atoms with E-state index in [2.05, 4.69) is 26.2 Å². The van der Waals surface area contributed by atoms with E-state index in [1.807, 2.05) is 0 Å². The molecule has 0 saturated heterocycles. The molecule has 8 nitrogen and oxygen atoms in total. The quantitative estimate of drug-likeness (QED) is 0.455. The highest BCUT2D eigenvalue weighted by atomic mass is 79.9. The third kappa shape index (κ3) is 4.70. The van der Waals surface area contributed by atoms with E-state index in [4.69, 9.17) is 9.15 Å². The van der Waals surface area contributed by atoms with E-state index in [0.29, 0.717) is 22.9 Å². The highest BCUT2D eigenvalue weighted by Crippen LogP contribution is 2.24. The van der Waals surface area contributed by atoms with Crippen molar-refractivity contribution in [1.82, 2.24) is 4.98 Å². The standard InChI is InChI=1S/C18H14BrN3O5/c1-11-8-13(3-5-15(11)22(24)25)26-10-14-4-6-16(27-14)18(23)21-17-7-2-12(19)9-20-17/h2-9H,10H2,1H3,(H,20,21,23). The second-order valence-electron chi connectivity index (χ2n) is 5.58. The molecular weight excluding hydrogens is 418 g/mol. The number of anilines is 1. The van der Waals surface area contributed by atoms with Gasteiger partial charge in [0, 0.05) is 22.3 Å². The monoisotopic (exact) mass is 431 g/mol. The number of aromatic nitrogens is 1. The minimum atomic E-state index is -0.448. The molecule has 2 aromatic heterocycles. The number of nitrogens with one attached hydrogen (secondary N) is 1. The zero-order valence-electron chi connectivity index (χ0n) is 14.1. The molecule has 0 unspecified atom stereocenters. The summed E-state index contributed by atoms with van der Waals surface area (Å²) in [4.78, 5) is 26.6. The number of hydrogen-bond acceptors (Lipinski definition) is 6. The first-order chi connectivity index (χ1) is 12.9. The van der Waals surface area contributed by atoms with Crippen LogP contribution in [0, 0.1) is 17.0 Å². The summed E-state index contributed by atoms with van der Waals surface area (Å²) in [6.45, 7) is 1.72. The van der Waals surface area contributed by atoms with Gasteiger partial charge in [-0.25, -0.2) is 4.98 Å². The maximum Gasteiger partial charge on any atom is 0.292 e. The number of aryl methyl sites for hydroxylation is 1. The molecular formula is C18H14BrN3O5. The first kappa shape index (κ1) is 18.6. The maximum atomic E-state index is 12.2. The van der Waals surface area contributed by atoms with E-state index in [1.165, 1.54) is 18.2 Å². The number of amides is 1. The van der Waals surface area contributed by atoms with Crippen molar-refractivity contribution in [3.8, 4) is 5.75 Å². The largest absolute Gasteiger partial charge is 0.486 e. The molecule has 27 heavy (non-hydrogen) atoms. The molecule has 0 saturated carbocycles. The van der Waals surface area contributed by atoms with E-state index in [9.17, 15) is 14.9 Å². The van der Waals surface area contributed by atoms with Crippen LogP contribution in [0.4, 0.5) is 11.5 Å². The number of benzene rings is 1. The minimum Gasteiger partial charge on any atom is -0.486 e. The van der Waals surface area contributed by atoms with Crippen molar-refractivity contribution in [2.24, 2.45) is 0 Å². The average Bonchev–Trinajstić information content (AvgIpc) is 3.11. The van der Waals surface area contributed by atoms with Crippen molar-refractivity contribution < 1.29 is 18.9 Å². The van der Waals surface area contributed by atoms with Gasteiger partial charge in [0.1, 0.15) is 23.9 Å². The first-order valence-electron chi connectivity index (χ1n) is 7.82. The normalized spacial score (nSPS) is 10.4. The van der Waals surface area contributed by atoms with Gasteiger partial charge in [0.05, 0.1) is 4.92 Å². The fourth-order valence-corrected chi connectivity index (χ4v) is 2.52. The second kappa shape index (κ2) is 8.00. The highest BCUT2D eigenvalue weighted by molar-refractivity contribution is 9.10. The van der Waals surface area contributed by atoms with Gasteiger partial charge in [-0.05, 0) is 59.3 Å². The molecule has 0 spiro atoms. The number of pyridine rings is 1. The van der Waals surface area contributed by atoms with Gasteiger partial charge in [-0.15, -0.1) is 0 Å². The molecule has 0 aliphatic rings. The van der Waals surface area contributed by atoms with Crippen LogP contribution < -0.4 is 10.1 Å². The van der Waals surface area contributed by atoms with Crippen molar-refractivity contribution in [2.45, 2.75) is 13.5 Å². The molecule has 1 N–H and O–H groups in total. The number of carbonyl (C=O) groups is 1. The number of nitro groups is 1. The number of nitro benzene ring substituents is 1. The van der Waals surface area contributed by atoms with E-state index >= 15 is 0 Å². The van der Waals surface area contributed by atoms with E-state index < -0.39 is 10.8 Å². The van der Waals surface area contributed by atoms with Crippen LogP contribution in [0.2, 0.25) is 0 Å². The van der Waals surface area contributed by atoms with Gasteiger partial charge in [-0.1, -0.05) is 0 Å². The summed E-state index contributed by atoms with van der Waals surface area (Å²) in [7, 11) is 0. The predicted molar refractivity (Wildman–Crippen MR) is 101 cm³/mol. The molecule has 0 fully saturated rings. The SMILES string of the molecule is Cc1cc(OCc2ccc(C(=O)Nc3ccc(Br)cn3)o2)ccc1[N+](=O)[O-]. The number of furan rings is 1. The van der Waals surface area contributed by atoms with Gasteiger partial charge in [0.2, 0.25) is 0 Å². The molecule has 1 amide bonds. The highest BCUT2D eigenvalue weighted by Gasteiger charge is 2.14. The van der Waals surface area contributed by atoms with E-state index in [1.54, 1.807) is 37.4 Å². The summed E-state index contributed by atoms with van der Waals surface area (Å²) >= 11 is 3.27. The Morgan fingerprint density at radius 2 is 2.11 bits per heavy atom. The molecule has 1 aromatic carbocycles. The summed E-state index contributed by atoms with van der Waals surface area (Å²) in [6.07, 6.45) is 1.57. The molecule has 0 aliphatic heterocycles. The van der Waals surface area contributed by atoms with Gasteiger partial charge in [0.25, 0.3) is 11.6 Å². The van der Waals surface area contributed by atoms with Gasteiger partial charge < -0.3 is 14.5 Å². The molecule has 3 rings (SSSR count). The molecule has 0 radical (unpaired) electrons. The van der Waals surface area contributed by atoms with Crippen molar-refractivity contribution in [3.05, 3.63) is 80.3 Å². The average molecular weight is 432 g/mol. The summed E-state index contributed by atoms with van der Waals surface area (Å²) in [5.41, 5.74) is 0.528. The van der Waals surface area contributed by atoms with Crippen LogP contribution in [0.1, 0.15) is 21.9 Å². The lowest BCUT2D eigenvalue weighted by atomic mass is 10.2. The number of carbonyl (C=O) groups excluding carboxylic acids is 1. The minimum absolute atomic E-state index is 0.0286. The van der Waals surface area contributed by atoms with Crippen LogP contribution in [0.15, 0.2) is 57.6 Å². The third-order valence-corrected chi connectivity index (χ3v) is 4.07. The van der Waals surface area contributed by atoms with Crippen LogP contribution >= 0.6 is 15.9 Å². The number of halogens is 1. The smallest absolute Gasteiger partial charge is 0.292 e. The fourth-order valence-electron chi connectivity index (χ4n) is 2.28. The maximum absolute atomic E-state index is 12.2. The zero-order chi connectivity index (χ0) is 19.4. The Balaban J connectivity index is 1.60. The van der Waals surface area contributed by atoms with Gasteiger partial charge in [-0.2, -0.15) is 0 Å². The van der Waals surface area contributed by atoms with E-state index in [0.717, 1.165) is 4.47 Å². The summed E-state index contributed by atoms with van der Waals surface area (Å²) in [5, 5.41) is 13.5. The van der Waals surface area contributed by atoms with Crippen LogP contribution in [-0.4, -0.2) is 15.8 Å². The van der Waals surface area contributed by atoms with Gasteiger partial charge in [-0.3, -0.25) is 14.9 Å². The van der Waals surface area contributed by atoms with Crippen molar-refractivity contribution in [2.75, 3.05) is 5.32 Å². The van der Waals surface area contributed by atoms with Crippen LogP contribution in [0.3, 0.4) is 0 Å². The lowest BCUT2D eigenvalue weighted by Crippen LogP contribution is -2.11. The predicted octanol–water partition coefficient (Wildman–Crippen LogP) is 4.49. The number of ether oxygens (including phenoxy) is 1. The summed E-state index contributed by atoms with van der Waals surface area (Å²) in [6, 6.07) is 11.1. The number of nitrogens with zero attached hydrogens (tertiary/aromatic N) is 2. The second-order valence-corrected chi connectivity index (χ2v) is 6.49. The van der Waals surface area contributed by atoms with Gasteiger partial charge >= 0.3 is 0 Å². The molecule has 0 bridgehead atoms. The third-order valence-electron chi connectivity index (χ3n) is 3.60. The zero-order valence-corrected chi connectivity index (χ0v) is 15.7. The summed E-state index contributed by atoms with van der Waals surface area (Å²) < 4.78 is 11.8. The number of hydrogen-bond donors (Lipinski definition) is 1. The van der Waals surface area contributed by atoms with Crippen LogP contribution in [0.5, 0.6) is 5.75 Å². The Hall–Kier alpha value is -3.20. The van der Waals surface area contributed by atoms with Crippen LogP contribution in [-0.2, 0) is 6.61 Å². The Morgan fingerprint density at radius 1 is 1.30 bits per heavy atom. The molecule has 0 atom stereocenters. The van der Waals surface area contributed by atoms with Gasteiger partial charge in [0.15, 0.2) is 5.76 Å². The summed E-state index contributed by atoms with van der Waals surface area (Å²) in [5.74, 6) is 1.01. The first-order valence-corrected chi connectivity index (χ1v) is 8.61. The Bertz CT molecular complexity index is 985. The fraction of sp³-hybridized carbons (Fsp3) is 0.111. The topological polar surface area (TPSA) is 108 Å². The number of rotatable bonds is 6.